The molecular weight excluding hydrogens is 216 g/mol. The number of rotatable bonds is 6. The summed E-state index contributed by atoms with van der Waals surface area (Å²) >= 11 is 0. The molecule has 0 aromatic rings. The molecule has 0 aliphatic heterocycles. The largest absolute Gasteiger partial charge is 0.338 e. The number of Topliss-reactive ketones (excluding diaryl/α,β-unsaturated/α-hetero) is 1. The molecule has 0 bridgehead atoms. The van der Waals surface area contributed by atoms with Gasteiger partial charge in [0.1, 0.15) is 0 Å². The summed E-state index contributed by atoms with van der Waals surface area (Å²) in [5.74, 6) is 0.850. The van der Waals surface area contributed by atoms with Gasteiger partial charge in [-0.3, -0.25) is 21.3 Å². The van der Waals surface area contributed by atoms with Crippen molar-refractivity contribution in [2.75, 3.05) is 0 Å². The Hall–Kier alpha value is -1.10. The van der Waals surface area contributed by atoms with E-state index in [1.165, 1.54) is 0 Å². The number of carbonyl (C=O) groups excluding carboxylic acids is 1. The molecule has 1 saturated carbocycles. The Labute approximate surface area is 103 Å². The minimum atomic E-state index is -0.0909. The zero-order valence-corrected chi connectivity index (χ0v) is 11.2. The van der Waals surface area contributed by atoms with E-state index >= 15 is 0 Å². The van der Waals surface area contributed by atoms with Crippen molar-refractivity contribution < 1.29 is 9.79 Å². The predicted octanol–water partition coefficient (Wildman–Crippen LogP) is -1.68. The lowest BCUT2D eigenvalue weighted by atomic mass is 9.97. The van der Waals surface area contributed by atoms with Crippen molar-refractivity contribution in [2.24, 2.45) is 23.3 Å². The van der Waals surface area contributed by atoms with Crippen molar-refractivity contribution in [1.82, 2.24) is 5.32 Å². The average molecular weight is 241 g/mol. The summed E-state index contributed by atoms with van der Waals surface area (Å²) in [4.78, 5) is 15.1. The molecule has 6 N–H and O–H groups in total. The summed E-state index contributed by atoms with van der Waals surface area (Å²) in [6.45, 7) is 7.97. The van der Waals surface area contributed by atoms with Gasteiger partial charge in [-0.1, -0.05) is 27.7 Å². The fourth-order valence-corrected chi connectivity index (χ4v) is 2.10. The molecule has 5 heteroatoms. The van der Waals surface area contributed by atoms with Gasteiger partial charge in [0.15, 0.2) is 5.78 Å². The first-order valence-electron chi connectivity index (χ1n) is 6.27. The lowest BCUT2D eigenvalue weighted by Crippen LogP contribution is -2.80. The van der Waals surface area contributed by atoms with Gasteiger partial charge in [0.2, 0.25) is 0 Å². The van der Waals surface area contributed by atoms with E-state index in [2.05, 4.69) is 24.2 Å². The van der Waals surface area contributed by atoms with Gasteiger partial charge < -0.3 is 5.32 Å². The van der Waals surface area contributed by atoms with E-state index in [0.29, 0.717) is 12.0 Å². The molecule has 0 spiro atoms. The number of nitrogens with one attached hydrogen (secondary N) is 2. The Morgan fingerprint density at radius 2 is 1.88 bits per heavy atom. The van der Waals surface area contributed by atoms with Crippen LogP contribution < -0.4 is 21.8 Å². The normalized spacial score (nSPS) is 24.8. The predicted molar refractivity (Wildman–Crippen MR) is 68.1 cm³/mol. The van der Waals surface area contributed by atoms with Crippen LogP contribution in [0.25, 0.3) is 0 Å². The quantitative estimate of drug-likeness (QED) is 0.330. The van der Waals surface area contributed by atoms with Crippen LogP contribution in [-0.4, -0.2) is 29.9 Å². The number of carbonyl (C=O) groups is 1. The Morgan fingerprint density at radius 3 is 2.29 bits per heavy atom. The molecule has 17 heavy (non-hydrogen) atoms. The average Bonchev–Trinajstić information content (AvgIpc) is 2.90. The highest BCUT2D eigenvalue weighted by Gasteiger charge is 2.47. The summed E-state index contributed by atoms with van der Waals surface area (Å²) in [7, 11) is 0. The van der Waals surface area contributed by atoms with Crippen molar-refractivity contribution in [3.05, 3.63) is 0 Å². The fraction of sp³-hybridized carbons (Fsp3) is 0.833. The zero-order valence-electron chi connectivity index (χ0n) is 11.2. The van der Waals surface area contributed by atoms with Gasteiger partial charge in [-0.2, -0.15) is 0 Å². The number of hydrogen-bond donors (Lipinski definition) is 4. The topological polar surface area (TPSA) is 95.1 Å². The molecule has 1 aliphatic rings. The van der Waals surface area contributed by atoms with Crippen LogP contribution >= 0.6 is 0 Å². The summed E-state index contributed by atoms with van der Waals surface area (Å²) in [5.41, 5.74) is 10.8. The first kappa shape index (κ1) is 14.0. The van der Waals surface area contributed by atoms with Gasteiger partial charge in [-0.05, 0) is 6.42 Å². The lowest BCUT2D eigenvalue weighted by molar-refractivity contribution is -0.479. The summed E-state index contributed by atoms with van der Waals surface area (Å²) in [6.07, 6.45) is 0.945. The molecule has 0 saturated heterocycles. The number of guanidine groups is 1. The summed E-state index contributed by atoms with van der Waals surface area (Å²) < 4.78 is 0. The van der Waals surface area contributed by atoms with Gasteiger partial charge in [0.25, 0.3) is 0 Å². The van der Waals surface area contributed by atoms with Gasteiger partial charge in [-0.15, -0.1) is 0 Å². The number of nitrogens with two attached hydrogens (primary N) is 2. The van der Waals surface area contributed by atoms with Crippen molar-refractivity contribution in [2.45, 2.75) is 52.2 Å². The molecule has 5 nitrogen and oxygen atoms in total. The molecule has 1 fully saturated rings. The highest BCUT2D eigenvalue weighted by molar-refractivity contribution is 5.86. The maximum atomic E-state index is 12.1. The highest BCUT2D eigenvalue weighted by atomic mass is 16.1. The Balaban J connectivity index is 2.67. The van der Waals surface area contributed by atoms with E-state index in [1.54, 1.807) is 0 Å². The van der Waals surface area contributed by atoms with E-state index < -0.39 is 0 Å². The molecule has 2 unspecified atom stereocenters. The van der Waals surface area contributed by atoms with Crippen LogP contribution in [0.2, 0.25) is 0 Å². The third-order valence-electron chi connectivity index (χ3n) is 3.01. The van der Waals surface area contributed by atoms with Crippen LogP contribution in [0.15, 0.2) is 0 Å². The van der Waals surface area contributed by atoms with Crippen molar-refractivity contribution >= 4 is 11.7 Å². The molecule has 98 valence electrons. The zero-order chi connectivity index (χ0) is 13.2. The first-order chi connectivity index (χ1) is 7.82. The molecule has 0 radical (unpaired) electrons. The minimum Gasteiger partial charge on any atom is -0.305 e. The van der Waals surface area contributed by atoms with Crippen LogP contribution in [0.1, 0.15) is 34.1 Å². The minimum absolute atomic E-state index is 0.0479. The third-order valence-corrected chi connectivity index (χ3v) is 3.01. The van der Waals surface area contributed by atoms with E-state index in [4.69, 9.17) is 11.5 Å². The van der Waals surface area contributed by atoms with Crippen molar-refractivity contribution in [3.63, 3.8) is 0 Å². The molecule has 0 amide bonds. The summed E-state index contributed by atoms with van der Waals surface area (Å²) in [5, 5.41) is 3.35. The second-order valence-electron chi connectivity index (χ2n) is 5.46. The monoisotopic (exact) mass is 241 g/mol. The number of hydrogen-bond acceptors (Lipinski definition) is 2. The van der Waals surface area contributed by atoms with Crippen LogP contribution in [0.5, 0.6) is 0 Å². The SMILES string of the molecule is CC(C)N[C@H](C(=O)C(C)C)C1CC1[NH+]=C(N)N. The van der Waals surface area contributed by atoms with Crippen LogP contribution in [-0.2, 0) is 4.79 Å². The molecule has 1 aliphatic carbocycles. The van der Waals surface area contributed by atoms with Gasteiger partial charge in [0.05, 0.1) is 12.1 Å². The third kappa shape index (κ3) is 4.00. The van der Waals surface area contributed by atoms with E-state index in [1.807, 2.05) is 13.8 Å². The van der Waals surface area contributed by atoms with Gasteiger partial charge in [-0.25, -0.2) is 0 Å². The molecule has 0 heterocycles. The van der Waals surface area contributed by atoms with E-state index in [9.17, 15) is 4.79 Å². The van der Waals surface area contributed by atoms with Crippen LogP contribution in [0.4, 0.5) is 0 Å². The van der Waals surface area contributed by atoms with Crippen molar-refractivity contribution in [3.8, 4) is 0 Å². The van der Waals surface area contributed by atoms with E-state index in [0.717, 1.165) is 6.42 Å². The van der Waals surface area contributed by atoms with Gasteiger partial charge >= 0.3 is 5.96 Å². The second-order valence-corrected chi connectivity index (χ2v) is 5.46. The van der Waals surface area contributed by atoms with E-state index in [-0.39, 0.29) is 29.7 Å². The molecular formula is C12H25N4O+. The lowest BCUT2D eigenvalue weighted by Gasteiger charge is -2.21. The molecule has 3 atom stereocenters. The molecule has 0 aromatic heterocycles. The highest BCUT2D eigenvalue weighted by Crippen LogP contribution is 2.32. The maximum Gasteiger partial charge on any atom is 0.338 e. The van der Waals surface area contributed by atoms with Crippen molar-refractivity contribution in [1.29, 1.82) is 0 Å². The first-order valence-corrected chi connectivity index (χ1v) is 6.27. The molecule has 1 rings (SSSR count). The van der Waals surface area contributed by atoms with Crippen LogP contribution in [0.3, 0.4) is 0 Å². The fourth-order valence-electron chi connectivity index (χ4n) is 2.10. The second kappa shape index (κ2) is 5.49. The number of ketones is 1. The van der Waals surface area contributed by atoms with Crippen LogP contribution in [0, 0.1) is 11.8 Å². The Kier molecular flexibility index (Phi) is 4.51. The van der Waals surface area contributed by atoms with Gasteiger partial charge in [0, 0.05) is 17.9 Å². The Bertz CT molecular complexity index is 308. The Morgan fingerprint density at radius 1 is 1.29 bits per heavy atom. The summed E-state index contributed by atoms with van der Waals surface area (Å²) in [6, 6.07) is 0.439. The molecule has 0 aromatic carbocycles. The smallest absolute Gasteiger partial charge is 0.305 e. The standard InChI is InChI=1S/C12H24N4O/c1-6(2)11(17)10(15-7(3)4)8-5-9(8)16-12(13)14/h6-10,15H,5H2,1-4H3,(H4,13,14,16)/p+1/t8?,9?,10-/m0/s1. The maximum absolute atomic E-state index is 12.1.